The van der Waals surface area contributed by atoms with Gasteiger partial charge in [-0.1, -0.05) is 35.9 Å². The highest BCUT2D eigenvalue weighted by molar-refractivity contribution is 6.32. The van der Waals surface area contributed by atoms with Crippen LogP contribution in [0.4, 0.5) is 32.0 Å². The van der Waals surface area contributed by atoms with Crippen molar-refractivity contribution in [2.45, 2.75) is 25.5 Å². The van der Waals surface area contributed by atoms with Crippen molar-refractivity contribution < 1.29 is 31.1 Å². The molecule has 3 aromatic rings. The van der Waals surface area contributed by atoms with Gasteiger partial charge < -0.3 is 10.1 Å². The molecule has 0 atom stereocenters. The van der Waals surface area contributed by atoms with Crippen molar-refractivity contribution in [3.8, 4) is 5.82 Å². The van der Waals surface area contributed by atoms with Crippen molar-refractivity contribution >= 4 is 17.3 Å². The zero-order valence-electron chi connectivity index (χ0n) is 16.5. The molecule has 0 spiro atoms. The summed E-state index contributed by atoms with van der Waals surface area (Å²) in [5, 5.41) is 6.54. The lowest BCUT2D eigenvalue weighted by Gasteiger charge is -2.11. The molecule has 1 aromatic carbocycles. The fourth-order valence-corrected chi connectivity index (χ4v) is 2.83. The van der Waals surface area contributed by atoms with E-state index in [1.165, 1.54) is 6.20 Å². The summed E-state index contributed by atoms with van der Waals surface area (Å²) in [6, 6.07) is 8.29. The molecule has 0 aliphatic heterocycles. The molecule has 0 amide bonds. The van der Waals surface area contributed by atoms with E-state index in [9.17, 15) is 31.1 Å². The van der Waals surface area contributed by atoms with Crippen LogP contribution in [0.3, 0.4) is 0 Å². The third kappa shape index (κ3) is 6.68. The summed E-state index contributed by atoms with van der Waals surface area (Å²) in [5.74, 6) is -0.134. The number of rotatable bonds is 7. The largest absolute Gasteiger partial charge is 0.417 e. The van der Waals surface area contributed by atoms with Gasteiger partial charge in [0, 0.05) is 12.7 Å². The van der Waals surface area contributed by atoms with Gasteiger partial charge in [-0.15, -0.1) is 0 Å². The number of ether oxygens (including phenoxy) is 1. The van der Waals surface area contributed by atoms with Gasteiger partial charge in [0.05, 0.1) is 24.1 Å². The van der Waals surface area contributed by atoms with E-state index in [0.717, 1.165) is 22.4 Å². The molecule has 33 heavy (non-hydrogen) atoms. The van der Waals surface area contributed by atoms with Crippen LogP contribution in [0.1, 0.15) is 16.7 Å². The van der Waals surface area contributed by atoms with Crippen LogP contribution in [0.25, 0.3) is 5.82 Å². The predicted octanol–water partition coefficient (Wildman–Crippen LogP) is 4.99. The normalized spacial score (nSPS) is 12.1. The highest BCUT2D eigenvalue weighted by Gasteiger charge is 2.31. The van der Waals surface area contributed by atoms with E-state index in [2.05, 4.69) is 20.1 Å². The number of benzene rings is 1. The van der Waals surface area contributed by atoms with Crippen LogP contribution in [0.2, 0.25) is 5.02 Å². The maximum absolute atomic E-state index is 12.7. The van der Waals surface area contributed by atoms with Crippen LogP contribution >= 0.6 is 11.6 Å². The van der Waals surface area contributed by atoms with Gasteiger partial charge in [0.15, 0.2) is 5.82 Å². The molecule has 13 heteroatoms. The first kappa shape index (κ1) is 24.5. The average molecular weight is 493 g/mol. The molecule has 0 saturated carbocycles. The Balaban J connectivity index is 1.64. The molecule has 6 nitrogen and oxygen atoms in total. The first-order valence-corrected chi connectivity index (χ1v) is 9.59. The number of pyridine rings is 1. The molecule has 0 unspecified atom stereocenters. The van der Waals surface area contributed by atoms with E-state index < -0.39 is 30.1 Å². The van der Waals surface area contributed by atoms with Gasteiger partial charge in [0.25, 0.3) is 5.56 Å². The summed E-state index contributed by atoms with van der Waals surface area (Å²) in [6.45, 7) is -1.32. The lowest BCUT2D eigenvalue weighted by Crippen LogP contribution is -2.23. The first-order chi connectivity index (χ1) is 15.4. The third-order valence-corrected chi connectivity index (χ3v) is 4.62. The lowest BCUT2D eigenvalue weighted by molar-refractivity contribution is -0.176. The Hall–Kier alpha value is -3.12. The van der Waals surface area contributed by atoms with Crippen molar-refractivity contribution in [1.29, 1.82) is 0 Å². The maximum Gasteiger partial charge on any atom is 0.417 e. The van der Waals surface area contributed by atoms with Gasteiger partial charge in [-0.3, -0.25) is 4.79 Å². The molecule has 0 fully saturated rings. The van der Waals surface area contributed by atoms with Gasteiger partial charge in [-0.05, 0) is 23.3 Å². The Labute approximate surface area is 187 Å². The molecule has 0 aliphatic rings. The Morgan fingerprint density at radius 3 is 2.21 bits per heavy atom. The SMILES string of the molecule is O=c1c(Cl)c(NCc2ccc(COCC(F)(F)F)cc2)cnn1-c1ccc(C(F)(F)F)cn1. The van der Waals surface area contributed by atoms with Crippen LogP contribution in [0.5, 0.6) is 0 Å². The molecular formula is C20H15ClF6N4O2. The van der Waals surface area contributed by atoms with Crippen molar-refractivity contribution in [1.82, 2.24) is 14.8 Å². The van der Waals surface area contributed by atoms with E-state index in [0.29, 0.717) is 11.8 Å². The van der Waals surface area contributed by atoms with Crippen LogP contribution in [-0.4, -0.2) is 27.5 Å². The second-order valence-electron chi connectivity index (χ2n) is 6.77. The fourth-order valence-electron chi connectivity index (χ4n) is 2.63. The minimum Gasteiger partial charge on any atom is -0.378 e. The Morgan fingerprint density at radius 1 is 0.970 bits per heavy atom. The summed E-state index contributed by atoms with van der Waals surface area (Å²) in [4.78, 5) is 16.1. The monoisotopic (exact) mass is 492 g/mol. The van der Waals surface area contributed by atoms with Gasteiger partial charge >= 0.3 is 12.4 Å². The Bertz CT molecular complexity index is 1150. The first-order valence-electron chi connectivity index (χ1n) is 9.22. The molecule has 3 rings (SSSR count). The van der Waals surface area contributed by atoms with Gasteiger partial charge in [-0.25, -0.2) is 4.98 Å². The van der Waals surface area contributed by atoms with Crippen LogP contribution in [-0.2, 0) is 24.1 Å². The average Bonchev–Trinajstić information content (AvgIpc) is 2.74. The summed E-state index contributed by atoms with van der Waals surface area (Å²) < 4.78 is 79.7. The van der Waals surface area contributed by atoms with Gasteiger partial charge in [-0.2, -0.15) is 36.1 Å². The number of hydrogen-bond acceptors (Lipinski definition) is 5. The molecule has 0 radical (unpaired) electrons. The van der Waals surface area contributed by atoms with Crippen molar-refractivity contribution in [2.75, 3.05) is 11.9 Å². The van der Waals surface area contributed by atoms with Crippen molar-refractivity contribution in [3.05, 3.63) is 80.9 Å². The summed E-state index contributed by atoms with van der Waals surface area (Å²) in [5.41, 5.74) is -0.288. The quantitative estimate of drug-likeness (QED) is 0.471. The second kappa shape index (κ2) is 9.79. The summed E-state index contributed by atoms with van der Waals surface area (Å²) in [6.07, 6.45) is -7.15. The van der Waals surface area contributed by atoms with Gasteiger partial charge in [0.2, 0.25) is 0 Å². The third-order valence-electron chi connectivity index (χ3n) is 4.25. The zero-order valence-corrected chi connectivity index (χ0v) is 17.3. The fraction of sp³-hybridized carbons (Fsp3) is 0.250. The molecule has 0 saturated heterocycles. The number of halogens is 7. The van der Waals surface area contributed by atoms with E-state index >= 15 is 0 Å². The molecule has 1 N–H and O–H groups in total. The highest BCUT2D eigenvalue weighted by Crippen LogP contribution is 2.28. The van der Waals surface area contributed by atoms with Crippen LogP contribution < -0.4 is 10.9 Å². The number of aromatic nitrogens is 3. The molecule has 0 aliphatic carbocycles. The number of alkyl halides is 6. The van der Waals surface area contributed by atoms with Crippen molar-refractivity contribution in [3.63, 3.8) is 0 Å². The Kier molecular flexibility index (Phi) is 7.28. The van der Waals surface area contributed by atoms with E-state index in [1.807, 2.05) is 0 Å². The summed E-state index contributed by atoms with van der Waals surface area (Å²) >= 11 is 6.09. The lowest BCUT2D eigenvalue weighted by atomic mass is 10.1. The summed E-state index contributed by atoms with van der Waals surface area (Å²) in [7, 11) is 0. The second-order valence-corrected chi connectivity index (χ2v) is 7.15. The minimum atomic E-state index is -4.57. The molecule has 2 aromatic heterocycles. The minimum absolute atomic E-state index is 0.134. The van der Waals surface area contributed by atoms with Gasteiger partial charge in [0.1, 0.15) is 11.6 Å². The van der Waals surface area contributed by atoms with Crippen molar-refractivity contribution in [2.24, 2.45) is 0 Å². The molecule has 0 bridgehead atoms. The molecular weight excluding hydrogens is 478 g/mol. The van der Waals surface area contributed by atoms with E-state index in [4.69, 9.17) is 11.6 Å². The molecule has 2 heterocycles. The predicted molar refractivity (Wildman–Crippen MR) is 107 cm³/mol. The Morgan fingerprint density at radius 2 is 1.64 bits per heavy atom. The maximum atomic E-state index is 12.7. The zero-order chi connectivity index (χ0) is 24.2. The van der Waals surface area contributed by atoms with Crippen LogP contribution in [0, 0.1) is 0 Å². The number of nitrogens with one attached hydrogen (secondary N) is 1. The highest BCUT2D eigenvalue weighted by atomic mass is 35.5. The van der Waals surface area contributed by atoms with E-state index in [1.54, 1.807) is 24.3 Å². The smallest absolute Gasteiger partial charge is 0.378 e. The number of hydrogen-bond donors (Lipinski definition) is 1. The number of anilines is 1. The molecule has 176 valence electrons. The van der Waals surface area contributed by atoms with E-state index in [-0.39, 0.29) is 29.7 Å². The van der Waals surface area contributed by atoms with Crippen LogP contribution in [0.15, 0.2) is 53.6 Å². The topological polar surface area (TPSA) is 69.0 Å². The standard InChI is InChI=1S/C20H15ClF6N4O2/c21-17-15(28-7-12-1-3-13(4-2-12)10-33-11-19(22,23)24)9-30-31(18(17)32)16-6-5-14(8-29-16)20(25,26)27/h1-6,8-9,28H,7,10-11H2. The number of nitrogens with zero attached hydrogens (tertiary/aromatic N) is 3.